The first-order chi connectivity index (χ1) is 22.0. The molecule has 0 radical (unpaired) electrons. The lowest BCUT2D eigenvalue weighted by atomic mass is 9.91. The summed E-state index contributed by atoms with van der Waals surface area (Å²) in [7, 11) is 0. The SMILES string of the molecule is Cc1ccc(C=Cc2ccc3c(c2)c2ccc(C=Cc4ccc(C)cc4)cc2c2ccc(C=Cc4ccc(C)cc4)cc32)cc1. The molecule has 216 valence electrons. The van der Waals surface area contributed by atoms with Gasteiger partial charge in [-0.05, 0) is 105 Å². The zero-order chi connectivity index (χ0) is 30.8. The fourth-order valence-corrected chi connectivity index (χ4v) is 5.98. The van der Waals surface area contributed by atoms with Gasteiger partial charge < -0.3 is 0 Å². The van der Waals surface area contributed by atoms with E-state index in [1.165, 1.54) is 82.4 Å². The van der Waals surface area contributed by atoms with Gasteiger partial charge in [0.05, 0.1) is 0 Å². The lowest BCUT2D eigenvalue weighted by Gasteiger charge is -2.13. The predicted octanol–water partition coefficient (Wildman–Crippen LogP) is 12.6. The van der Waals surface area contributed by atoms with E-state index in [4.69, 9.17) is 0 Å². The first-order valence-corrected chi connectivity index (χ1v) is 15.7. The Hall–Kier alpha value is -5.46. The Morgan fingerprint density at radius 2 is 0.467 bits per heavy atom. The predicted molar refractivity (Wildman–Crippen MR) is 199 cm³/mol. The first-order valence-electron chi connectivity index (χ1n) is 15.7. The van der Waals surface area contributed by atoms with E-state index in [1.54, 1.807) is 0 Å². The molecule has 0 aliphatic rings. The lowest BCUT2D eigenvalue weighted by Crippen LogP contribution is -1.87. The molecule has 0 nitrogen and oxygen atoms in total. The molecule has 0 amide bonds. The van der Waals surface area contributed by atoms with Crippen molar-refractivity contribution in [1.29, 1.82) is 0 Å². The maximum Gasteiger partial charge on any atom is -0.00930 e. The van der Waals surface area contributed by atoms with Crippen molar-refractivity contribution in [2.45, 2.75) is 20.8 Å². The van der Waals surface area contributed by atoms with Gasteiger partial charge in [-0.3, -0.25) is 0 Å². The largest absolute Gasteiger partial charge is 0.0587 e. The van der Waals surface area contributed by atoms with Crippen LogP contribution in [0.4, 0.5) is 0 Å². The molecule has 0 saturated carbocycles. The summed E-state index contributed by atoms with van der Waals surface area (Å²) in [6.45, 7) is 6.37. The zero-order valence-electron chi connectivity index (χ0n) is 26.1. The van der Waals surface area contributed by atoms with Crippen molar-refractivity contribution in [2.24, 2.45) is 0 Å². The Balaban J connectivity index is 1.36. The van der Waals surface area contributed by atoms with Crippen LogP contribution in [0.15, 0.2) is 127 Å². The highest BCUT2D eigenvalue weighted by atomic mass is 14.1. The smallest absolute Gasteiger partial charge is 0.00930 e. The van der Waals surface area contributed by atoms with Crippen LogP contribution in [0.1, 0.15) is 50.1 Å². The summed E-state index contributed by atoms with van der Waals surface area (Å²) in [5, 5.41) is 7.66. The van der Waals surface area contributed by atoms with Crippen LogP contribution in [0.2, 0.25) is 0 Å². The number of hydrogen-bond donors (Lipinski definition) is 0. The molecule has 0 unspecified atom stereocenters. The van der Waals surface area contributed by atoms with Crippen molar-refractivity contribution in [3.63, 3.8) is 0 Å². The number of aryl methyl sites for hydroxylation is 3. The van der Waals surface area contributed by atoms with Gasteiger partial charge in [0, 0.05) is 0 Å². The molecule has 0 heterocycles. The Morgan fingerprint density at radius 1 is 0.244 bits per heavy atom. The zero-order valence-corrected chi connectivity index (χ0v) is 26.1. The average molecular weight is 577 g/mol. The van der Waals surface area contributed by atoms with Crippen LogP contribution in [0.25, 0.3) is 68.8 Å². The summed E-state index contributed by atoms with van der Waals surface area (Å²) in [5.74, 6) is 0. The number of rotatable bonds is 6. The topological polar surface area (TPSA) is 0 Å². The van der Waals surface area contributed by atoms with Crippen molar-refractivity contribution in [1.82, 2.24) is 0 Å². The molecule has 0 fully saturated rings. The summed E-state index contributed by atoms with van der Waals surface area (Å²) in [5.41, 5.74) is 11.0. The van der Waals surface area contributed by atoms with Crippen LogP contribution < -0.4 is 0 Å². The minimum atomic E-state index is 1.20. The van der Waals surface area contributed by atoms with Crippen LogP contribution in [0.3, 0.4) is 0 Å². The highest BCUT2D eigenvalue weighted by molar-refractivity contribution is 6.26. The summed E-state index contributed by atoms with van der Waals surface area (Å²) < 4.78 is 0. The van der Waals surface area contributed by atoms with E-state index in [2.05, 4.69) is 185 Å². The van der Waals surface area contributed by atoms with Crippen molar-refractivity contribution in [2.75, 3.05) is 0 Å². The number of hydrogen-bond acceptors (Lipinski definition) is 0. The fraction of sp³-hybridized carbons (Fsp3) is 0.0667. The third-order valence-electron chi connectivity index (χ3n) is 8.64. The van der Waals surface area contributed by atoms with E-state index in [0.717, 1.165) is 0 Å². The third-order valence-corrected chi connectivity index (χ3v) is 8.64. The molecule has 0 aliphatic carbocycles. The van der Waals surface area contributed by atoms with E-state index in [1.807, 2.05) is 0 Å². The highest BCUT2D eigenvalue weighted by Gasteiger charge is 2.10. The number of fused-ring (bicyclic) bond motifs is 6. The second-order valence-corrected chi connectivity index (χ2v) is 12.1. The van der Waals surface area contributed by atoms with Crippen LogP contribution in [0, 0.1) is 20.8 Å². The normalized spacial score (nSPS) is 12.1. The fourth-order valence-electron chi connectivity index (χ4n) is 5.98. The molecule has 0 heteroatoms. The van der Waals surface area contributed by atoms with E-state index < -0.39 is 0 Å². The molecule has 7 rings (SSSR count). The molecule has 0 aromatic heterocycles. The summed E-state index contributed by atoms with van der Waals surface area (Å²) in [6, 6.07) is 46.7. The molecule has 0 atom stereocenters. The monoisotopic (exact) mass is 576 g/mol. The summed E-state index contributed by atoms with van der Waals surface area (Å²) >= 11 is 0. The highest BCUT2D eigenvalue weighted by Crippen LogP contribution is 2.37. The lowest BCUT2D eigenvalue weighted by molar-refractivity contribution is 1.46. The molecule has 0 aliphatic heterocycles. The average Bonchev–Trinajstić information content (AvgIpc) is 3.07. The van der Waals surface area contributed by atoms with Gasteiger partial charge in [0.15, 0.2) is 0 Å². The number of benzene rings is 7. The molecule has 0 saturated heterocycles. The van der Waals surface area contributed by atoms with Gasteiger partial charge in [0.2, 0.25) is 0 Å². The summed E-state index contributed by atoms with van der Waals surface area (Å²) in [4.78, 5) is 0. The minimum absolute atomic E-state index is 1.20. The van der Waals surface area contributed by atoms with Crippen LogP contribution in [-0.2, 0) is 0 Å². The Labute approximate surface area is 266 Å². The van der Waals surface area contributed by atoms with Gasteiger partial charge in [-0.1, -0.05) is 162 Å². The van der Waals surface area contributed by atoms with Crippen molar-refractivity contribution in [3.8, 4) is 0 Å². The van der Waals surface area contributed by atoms with Gasteiger partial charge in [0.1, 0.15) is 0 Å². The van der Waals surface area contributed by atoms with Gasteiger partial charge in [-0.15, -0.1) is 0 Å². The third kappa shape index (κ3) is 6.28. The van der Waals surface area contributed by atoms with Crippen molar-refractivity contribution < 1.29 is 0 Å². The Kier molecular flexibility index (Phi) is 7.72. The van der Waals surface area contributed by atoms with Gasteiger partial charge in [-0.25, -0.2) is 0 Å². The van der Waals surface area contributed by atoms with Gasteiger partial charge in [-0.2, -0.15) is 0 Å². The minimum Gasteiger partial charge on any atom is -0.0587 e. The van der Waals surface area contributed by atoms with Crippen molar-refractivity contribution in [3.05, 3.63) is 177 Å². The quantitative estimate of drug-likeness (QED) is 0.136. The molecular weight excluding hydrogens is 540 g/mol. The van der Waals surface area contributed by atoms with Gasteiger partial charge >= 0.3 is 0 Å². The molecule has 7 aromatic carbocycles. The van der Waals surface area contributed by atoms with Crippen LogP contribution >= 0.6 is 0 Å². The second kappa shape index (κ2) is 12.3. The maximum atomic E-state index is 2.35. The van der Waals surface area contributed by atoms with Crippen LogP contribution in [-0.4, -0.2) is 0 Å². The Bertz CT molecular complexity index is 1950. The maximum absolute atomic E-state index is 2.35. The molecular formula is C45H36. The summed E-state index contributed by atoms with van der Waals surface area (Å²) in [6.07, 6.45) is 13.3. The first kappa shape index (κ1) is 28.3. The Morgan fingerprint density at radius 3 is 0.733 bits per heavy atom. The van der Waals surface area contributed by atoms with Crippen LogP contribution in [0.5, 0.6) is 0 Å². The molecule has 0 bridgehead atoms. The van der Waals surface area contributed by atoms with E-state index in [-0.39, 0.29) is 0 Å². The molecule has 0 N–H and O–H groups in total. The van der Waals surface area contributed by atoms with E-state index in [0.29, 0.717) is 0 Å². The van der Waals surface area contributed by atoms with E-state index in [9.17, 15) is 0 Å². The second-order valence-electron chi connectivity index (χ2n) is 12.1. The standard InChI is InChI=1S/C45H36/c1-31-4-10-34(11-5-31)16-19-37-22-25-40-43(28-37)41-26-23-38(20-17-35-12-6-32(2)7-13-35)30-45(41)42-27-24-39(29-44(40)42)21-18-36-14-8-33(3)9-15-36/h4-30H,1-3H3. The van der Waals surface area contributed by atoms with Crippen molar-refractivity contribution >= 4 is 68.8 Å². The molecule has 0 spiro atoms. The molecule has 45 heavy (non-hydrogen) atoms. The van der Waals surface area contributed by atoms with E-state index >= 15 is 0 Å². The molecule has 7 aromatic rings. The van der Waals surface area contributed by atoms with Gasteiger partial charge in [0.25, 0.3) is 0 Å².